The van der Waals surface area contributed by atoms with Gasteiger partial charge in [0.15, 0.2) is 0 Å². The second-order valence-corrected chi connectivity index (χ2v) is 5.78. The molecule has 1 aliphatic heterocycles. The van der Waals surface area contributed by atoms with Crippen LogP contribution in [0.1, 0.15) is 51.5 Å². The van der Waals surface area contributed by atoms with E-state index in [-0.39, 0.29) is 0 Å². The lowest BCUT2D eigenvalue weighted by Crippen LogP contribution is -2.25. The molecule has 0 radical (unpaired) electrons. The van der Waals surface area contributed by atoms with Crippen LogP contribution in [0.25, 0.3) is 0 Å². The monoisotopic (exact) mass is 260 g/mol. The fourth-order valence-corrected chi connectivity index (χ4v) is 2.70. The van der Waals surface area contributed by atoms with Gasteiger partial charge in [0.05, 0.1) is 0 Å². The third-order valence-corrected chi connectivity index (χ3v) is 4.05. The maximum absolute atomic E-state index is 3.61. The minimum Gasteiger partial charge on any atom is -0.372 e. The van der Waals surface area contributed by atoms with Crippen molar-refractivity contribution in [2.75, 3.05) is 18.0 Å². The van der Waals surface area contributed by atoms with Crippen molar-refractivity contribution in [3.8, 4) is 0 Å². The number of rotatable bonds is 7. The summed E-state index contributed by atoms with van der Waals surface area (Å²) in [6.07, 6.45) is 6.58. The van der Waals surface area contributed by atoms with Crippen LogP contribution in [-0.4, -0.2) is 19.1 Å². The number of unbranched alkanes of at least 4 members (excludes halogenated alkanes) is 1. The predicted octanol–water partition coefficient (Wildman–Crippen LogP) is 3.96. The van der Waals surface area contributed by atoms with Crippen molar-refractivity contribution >= 4 is 5.69 Å². The quantitative estimate of drug-likeness (QED) is 0.798. The lowest BCUT2D eigenvalue weighted by molar-refractivity contribution is 0.495. The first-order valence-electron chi connectivity index (χ1n) is 7.87. The summed E-state index contributed by atoms with van der Waals surface area (Å²) in [6, 6.07) is 9.72. The van der Waals surface area contributed by atoms with E-state index in [1.54, 1.807) is 0 Å². The molecule has 0 amide bonds. The molecule has 2 heteroatoms. The Morgan fingerprint density at radius 3 is 2.47 bits per heavy atom. The van der Waals surface area contributed by atoms with Crippen molar-refractivity contribution < 1.29 is 0 Å². The molecule has 1 atom stereocenters. The summed E-state index contributed by atoms with van der Waals surface area (Å²) in [5.41, 5.74) is 2.78. The first-order valence-corrected chi connectivity index (χ1v) is 7.87. The van der Waals surface area contributed by atoms with Gasteiger partial charge in [-0.2, -0.15) is 0 Å². The average molecular weight is 260 g/mol. The van der Waals surface area contributed by atoms with E-state index in [1.165, 1.54) is 56.4 Å². The molecule has 0 bridgehead atoms. The summed E-state index contributed by atoms with van der Waals surface area (Å²) in [5.74, 6) is 0. The Balaban J connectivity index is 1.78. The summed E-state index contributed by atoms with van der Waals surface area (Å²) >= 11 is 0. The van der Waals surface area contributed by atoms with E-state index in [9.17, 15) is 0 Å². The van der Waals surface area contributed by atoms with Gasteiger partial charge in [0, 0.05) is 31.4 Å². The Labute approximate surface area is 118 Å². The number of nitrogens with zero attached hydrogens (tertiary/aromatic N) is 1. The van der Waals surface area contributed by atoms with Crippen molar-refractivity contribution in [3.63, 3.8) is 0 Å². The van der Waals surface area contributed by atoms with Crippen LogP contribution in [-0.2, 0) is 6.54 Å². The third-order valence-electron chi connectivity index (χ3n) is 4.05. The average Bonchev–Trinajstić information content (AvgIpc) is 2.97. The normalized spacial score (nSPS) is 16.8. The molecule has 1 aliphatic rings. The molecule has 19 heavy (non-hydrogen) atoms. The minimum absolute atomic E-state index is 0.623. The van der Waals surface area contributed by atoms with Gasteiger partial charge >= 0.3 is 0 Å². The van der Waals surface area contributed by atoms with Gasteiger partial charge in [-0.25, -0.2) is 0 Å². The highest BCUT2D eigenvalue weighted by Crippen LogP contribution is 2.20. The highest BCUT2D eigenvalue weighted by atomic mass is 15.1. The van der Waals surface area contributed by atoms with E-state index in [0.717, 1.165) is 6.54 Å². The van der Waals surface area contributed by atoms with Crippen molar-refractivity contribution in [2.24, 2.45) is 0 Å². The van der Waals surface area contributed by atoms with E-state index in [2.05, 4.69) is 48.3 Å². The zero-order valence-electron chi connectivity index (χ0n) is 12.5. The molecule has 1 N–H and O–H groups in total. The Morgan fingerprint density at radius 2 is 1.84 bits per heavy atom. The van der Waals surface area contributed by atoms with E-state index in [4.69, 9.17) is 0 Å². The number of anilines is 1. The highest BCUT2D eigenvalue weighted by Gasteiger charge is 2.11. The molecule has 1 unspecified atom stereocenters. The second kappa shape index (κ2) is 7.54. The second-order valence-electron chi connectivity index (χ2n) is 5.78. The molecule has 0 aliphatic carbocycles. The molecule has 1 fully saturated rings. The number of nitrogens with one attached hydrogen (secondary N) is 1. The zero-order chi connectivity index (χ0) is 13.5. The molecule has 2 nitrogen and oxygen atoms in total. The Bertz CT molecular complexity index is 352. The van der Waals surface area contributed by atoms with Gasteiger partial charge in [0.1, 0.15) is 0 Å². The van der Waals surface area contributed by atoms with Crippen LogP contribution in [0.3, 0.4) is 0 Å². The summed E-state index contributed by atoms with van der Waals surface area (Å²) in [4.78, 5) is 2.49. The first kappa shape index (κ1) is 14.4. The molecule has 1 aromatic rings. The number of hydrogen-bond donors (Lipinski definition) is 1. The van der Waals surface area contributed by atoms with E-state index in [0.29, 0.717) is 6.04 Å². The maximum Gasteiger partial charge on any atom is 0.0366 e. The fraction of sp³-hybridized carbons (Fsp3) is 0.647. The molecule has 106 valence electrons. The smallest absolute Gasteiger partial charge is 0.0366 e. The molecule has 1 heterocycles. The summed E-state index contributed by atoms with van der Waals surface area (Å²) < 4.78 is 0. The van der Waals surface area contributed by atoms with Crippen LogP contribution < -0.4 is 10.2 Å². The number of hydrogen-bond acceptors (Lipinski definition) is 2. The Kier molecular flexibility index (Phi) is 5.71. The number of benzene rings is 1. The summed E-state index contributed by atoms with van der Waals surface area (Å²) in [6.45, 7) is 7.99. The molecule has 0 saturated carbocycles. The maximum atomic E-state index is 3.61. The third kappa shape index (κ3) is 4.54. The lowest BCUT2D eigenvalue weighted by Gasteiger charge is -2.18. The molecular weight excluding hydrogens is 232 g/mol. The van der Waals surface area contributed by atoms with E-state index in [1.807, 2.05) is 0 Å². The zero-order valence-corrected chi connectivity index (χ0v) is 12.5. The summed E-state index contributed by atoms with van der Waals surface area (Å²) in [7, 11) is 0. The van der Waals surface area contributed by atoms with Gasteiger partial charge in [0.25, 0.3) is 0 Å². The topological polar surface area (TPSA) is 15.3 Å². The van der Waals surface area contributed by atoms with Gasteiger partial charge in [-0.05, 0) is 43.9 Å². The van der Waals surface area contributed by atoms with Crippen LogP contribution >= 0.6 is 0 Å². The molecule has 0 aromatic heterocycles. The Hall–Kier alpha value is -1.02. The molecule has 1 aromatic carbocycles. The van der Waals surface area contributed by atoms with Gasteiger partial charge in [-0.3, -0.25) is 0 Å². The fourth-order valence-electron chi connectivity index (χ4n) is 2.70. The van der Waals surface area contributed by atoms with E-state index >= 15 is 0 Å². The van der Waals surface area contributed by atoms with Gasteiger partial charge in [-0.1, -0.05) is 31.9 Å². The lowest BCUT2D eigenvalue weighted by atomic mass is 10.1. The Morgan fingerprint density at radius 1 is 1.16 bits per heavy atom. The minimum atomic E-state index is 0.623. The molecule has 1 saturated heterocycles. The van der Waals surface area contributed by atoms with Gasteiger partial charge in [-0.15, -0.1) is 0 Å². The van der Waals surface area contributed by atoms with Crippen LogP contribution in [0.4, 0.5) is 5.69 Å². The van der Waals surface area contributed by atoms with Crippen LogP contribution in [0.15, 0.2) is 24.3 Å². The standard InChI is InChI=1S/C17H28N2/c1-3-4-7-15(2)18-14-16-8-10-17(11-9-16)19-12-5-6-13-19/h8-11,15,18H,3-7,12-14H2,1-2H3. The predicted molar refractivity (Wildman–Crippen MR) is 83.7 cm³/mol. The van der Waals surface area contributed by atoms with Crippen molar-refractivity contribution in [3.05, 3.63) is 29.8 Å². The molecule has 0 spiro atoms. The van der Waals surface area contributed by atoms with Crippen LogP contribution in [0.5, 0.6) is 0 Å². The van der Waals surface area contributed by atoms with Crippen LogP contribution in [0, 0.1) is 0 Å². The van der Waals surface area contributed by atoms with Crippen molar-refractivity contribution in [1.29, 1.82) is 0 Å². The van der Waals surface area contributed by atoms with Crippen LogP contribution in [0.2, 0.25) is 0 Å². The summed E-state index contributed by atoms with van der Waals surface area (Å²) in [5, 5.41) is 3.61. The van der Waals surface area contributed by atoms with Gasteiger partial charge < -0.3 is 10.2 Å². The SMILES string of the molecule is CCCCC(C)NCc1ccc(N2CCCC2)cc1. The van der Waals surface area contributed by atoms with Crippen molar-refractivity contribution in [2.45, 2.75) is 58.5 Å². The van der Waals surface area contributed by atoms with Crippen molar-refractivity contribution in [1.82, 2.24) is 5.32 Å². The first-order chi connectivity index (χ1) is 9.29. The molecular formula is C17H28N2. The molecule has 2 rings (SSSR count). The largest absolute Gasteiger partial charge is 0.372 e. The highest BCUT2D eigenvalue weighted by molar-refractivity contribution is 5.48. The van der Waals surface area contributed by atoms with Gasteiger partial charge in [0.2, 0.25) is 0 Å². The van der Waals surface area contributed by atoms with E-state index < -0.39 is 0 Å².